The van der Waals surface area contributed by atoms with E-state index in [9.17, 15) is 18.0 Å². The van der Waals surface area contributed by atoms with Gasteiger partial charge >= 0.3 is 0 Å². The summed E-state index contributed by atoms with van der Waals surface area (Å²) in [7, 11) is -1.99. The molecule has 0 bridgehead atoms. The molecule has 0 radical (unpaired) electrons. The second-order valence-electron chi connectivity index (χ2n) is 8.00. The summed E-state index contributed by atoms with van der Waals surface area (Å²) in [5, 5.41) is 3.33. The number of rotatable bonds is 8. The fourth-order valence-electron chi connectivity index (χ4n) is 3.23. The van der Waals surface area contributed by atoms with Crippen LogP contribution >= 0.6 is 0 Å². The average Bonchev–Trinajstić information content (AvgIpc) is 2.77. The van der Waals surface area contributed by atoms with E-state index in [0.717, 1.165) is 11.1 Å². The van der Waals surface area contributed by atoms with Gasteiger partial charge in [0.15, 0.2) is 0 Å². The minimum atomic E-state index is -3.54. The molecule has 1 aromatic heterocycles. The average molecular weight is 457 g/mol. The lowest BCUT2D eigenvalue weighted by Crippen LogP contribution is -2.33. The second kappa shape index (κ2) is 9.62. The van der Waals surface area contributed by atoms with E-state index in [1.165, 1.54) is 27.3 Å². The largest absolute Gasteiger partial charge is 0.352 e. The molecule has 2 aromatic carbocycles. The lowest BCUT2D eigenvalue weighted by atomic mass is 10.1. The smallest absolute Gasteiger partial charge is 0.261 e. The van der Waals surface area contributed by atoms with Gasteiger partial charge in [0.2, 0.25) is 15.9 Å². The molecule has 0 atom stereocenters. The molecule has 0 fully saturated rings. The maximum absolute atomic E-state index is 12.6. The van der Waals surface area contributed by atoms with Crippen molar-refractivity contribution in [2.24, 2.45) is 0 Å². The maximum Gasteiger partial charge on any atom is 0.261 e. The van der Waals surface area contributed by atoms with Gasteiger partial charge < -0.3 is 5.32 Å². The highest BCUT2D eigenvalue weighted by Gasteiger charge is 2.22. The van der Waals surface area contributed by atoms with Crippen molar-refractivity contribution in [3.05, 3.63) is 70.3 Å². The van der Waals surface area contributed by atoms with Gasteiger partial charge in [-0.05, 0) is 50.1 Å². The molecular weight excluding hydrogens is 428 g/mol. The lowest BCUT2D eigenvalue weighted by molar-refractivity contribution is -0.121. The number of amides is 1. The summed E-state index contributed by atoms with van der Waals surface area (Å²) in [6, 6.07) is 11.7. The molecule has 1 N–H and O–H groups in total. The minimum absolute atomic E-state index is 0.130. The van der Waals surface area contributed by atoms with Crippen molar-refractivity contribution in [1.82, 2.24) is 19.2 Å². The van der Waals surface area contributed by atoms with Crippen LogP contribution in [0.1, 0.15) is 31.4 Å². The predicted octanol–water partition coefficient (Wildman–Crippen LogP) is 2.44. The van der Waals surface area contributed by atoms with Crippen LogP contribution in [0.15, 0.2) is 58.5 Å². The number of aromatic nitrogens is 2. The number of para-hydroxylation sites is 1. The van der Waals surface area contributed by atoms with Gasteiger partial charge in [0, 0.05) is 32.6 Å². The van der Waals surface area contributed by atoms with Crippen molar-refractivity contribution < 1.29 is 13.2 Å². The summed E-state index contributed by atoms with van der Waals surface area (Å²) in [5.41, 5.74) is 2.21. The first kappa shape index (κ1) is 23.6. The number of aryl methyl sites for hydroxylation is 2. The van der Waals surface area contributed by atoms with E-state index in [1.807, 2.05) is 32.9 Å². The van der Waals surface area contributed by atoms with Gasteiger partial charge in [-0.25, -0.2) is 13.4 Å². The Balaban J connectivity index is 1.58. The van der Waals surface area contributed by atoms with Crippen LogP contribution in [-0.2, 0) is 27.9 Å². The highest BCUT2D eigenvalue weighted by Crippen LogP contribution is 2.17. The fraction of sp³-hybridized carbons (Fsp3) is 0.348. The molecule has 3 rings (SSSR count). The number of hydrogen-bond acceptors (Lipinski definition) is 5. The Morgan fingerprint density at radius 2 is 1.84 bits per heavy atom. The zero-order chi connectivity index (χ0) is 23.5. The van der Waals surface area contributed by atoms with E-state index in [4.69, 9.17) is 0 Å². The number of carbonyl (C=O) groups is 1. The molecular formula is C23H28N4O4S. The standard InChI is InChI=1S/C23H28N4O4S/c1-16(2)26(4)32(30,31)19-10-8-18(9-11-19)14-24-21(28)12-13-27-15-25-22-17(3)6-5-7-20(22)23(27)29/h5-11,15-16H,12-14H2,1-4H3,(H,24,28). The SMILES string of the molecule is Cc1cccc2c(=O)n(CCC(=O)NCc3ccc(S(=O)(=O)N(C)C(C)C)cc3)cnc12. The molecule has 32 heavy (non-hydrogen) atoms. The number of sulfonamides is 1. The van der Waals surface area contributed by atoms with Gasteiger partial charge in [-0.1, -0.05) is 24.3 Å². The maximum atomic E-state index is 12.6. The summed E-state index contributed by atoms with van der Waals surface area (Å²) in [6.07, 6.45) is 1.60. The summed E-state index contributed by atoms with van der Waals surface area (Å²) in [4.78, 5) is 29.4. The number of nitrogens with zero attached hydrogens (tertiary/aromatic N) is 3. The van der Waals surface area contributed by atoms with Crippen molar-refractivity contribution in [2.75, 3.05) is 7.05 Å². The zero-order valence-corrected chi connectivity index (χ0v) is 19.5. The van der Waals surface area contributed by atoms with Crippen molar-refractivity contribution in [2.45, 2.75) is 51.2 Å². The topological polar surface area (TPSA) is 101 Å². The van der Waals surface area contributed by atoms with Gasteiger partial charge in [0.05, 0.1) is 22.1 Å². The Bertz CT molecular complexity index is 1280. The number of carbonyl (C=O) groups excluding carboxylic acids is 1. The molecule has 3 aromatic rings. The Hall–Kier alpha value is -3.04. The van der Waals surface area contributed by atoms with Crippen LogP contribution in [-0.4, -0.2) is 41.3 Å². The molecule has 0 aliphatic heterocycles. The molecule has 9 heteroatoms. The summed E-state index contributed by atoms with van der Waals surface area (Å²) < 4.78 is 27.8. The first-order valence-electron chi connectivity index (χ1n) is 10.4. The van der Waals surface area contributed by atoms with Gasteiger partial charge in [-0.2, -0.15) is 4.31 Å². The molecule has 8 nitrogen and oxygen atoms in total. The number of hydrogen-bond donors (Lipinski definition) is 1. The second-order valence-corrected chi connectivity index (χ2v) is 10.00. The van der Waals surface area contributed by atoms with Crippen LogP contribution in [0.4, 0.5) is 0 Å². The summed E-state index contributed by atoms with van der Waals surface area (Å²) >= 11 is 0. The van der Waals surface area contributed by atoms with E-state index < -0.39 is 10.0 Å². The Labute approximate surface area is 187 Å². The zero-order valence-electron chi connectivity index (χ0n) is 18.7. The van der Waals surface area contributed by atoms with Crippen LogP contribution in [0.2, 0.25) is 0 Å². The van der Waals surface area contributed by atoms with Crippen LogP contribution in [0.25, 0.3) is 10.9 Å². The monoisotopic (exact) mass is 456 g/mol. The first-order chi connectivity index (χ1) is 15.1. The Kier molecular flexibility index (Phi) is 7.10. The number of benzene rings is 2. The van der Waals surface area contributed by atoms with Crippen molar-refractivity contribution in [3.8, 4) is 0 Å². The molecule has 0 spiro atoms. The minimum Gasteiger partial charge on any atom is -0.352 e. The molecule has 170 valence electrons. The molecule has 0 saturated carbocycles. The summed E-state index contributed by atoms with van der Waals surface area (Å²) in [6.45, 7) is 6.01. The normalized spacial score (nSPS) is 11.9. The van der Waals surface area contributed by atoms with Gasteiger partial charge in [-0.3, -0.25) is 14.2 Å². The van der Waals surface area contributed by atoms with Crippen molar-refractivity contribution in [3.63, 3.8) is 0 Å². The highest BCUT2D eigenvalue weighted by molar-refractivity contribution is 7.89. The number of fused-ring (bicyclic) bond motifs is 1. The Morgan fingerprint density at radius 1 is 1.16 bits per heavy atom. The molecule has 0 aliphatic rings. The molecule has 0 unspecified atom stereocenters. The quantitative estimate of drug-likeness (QED) is 0.561. The third-order valence-electron chi connectivity index (χ3n) is 5.45. The van der Waals surface area contributed by atoms with E-state index in [-0.39, 0.29) is 41.9 Å². The lowest BCUT2D eigenvalue weighted by Gasteiger charge is -2.21. The van der Waals surface area contributed by atoms with Crippen LogP contribution in [0.3, 0.4) is 0 Å². The third kappa shape index (κ3) is 5.05. The van der Waals surface area contributed by atoms with Crippen LogP contribution < -0.4 is 10.9 Å². The van der Waals surface area contributed by atoms with Crippen LogP contribution in [0, 0.1) is 6.92 Å². The van der Waals surface area contributed by atoms with Crippen LogP contribution in [0.5, 0.6) is 0 Å². The fourth-order valence-corrected chi connectivity index (χ4v) is 4.60. The Morgan fingerprint density at radius 3 is 2.50 bits per heavy atom. The van der Waals surface area contributed by atoms with Gasteiger partial charge in [0.25, 0.3) is 5.56 Å². The molecule has 1 heterocycles. The molecule has 0 aliphatic carbocycles. The first-order valence-corrected chi connectivity index (χ1v) is 11.8. The summed E-state index contributed by atoms with van der Waals surface area (Å²) in [5.74, 6) is -0.211. The third-order valence-corrected chi connectivity index (χ3v) is 7.50. The van der Waals surface area contributed by atoms with Gasteiger partial charge in [-0.15, -0.1) is 0 Å². The van der Waals surface area contributed by atoms with E-state index in [0.29, 0.717) is 10.9 Å². The van der Waals surface area contributed by atoms with Crippen molar-refractivity contribution in [1.29, 1.82) is 0 Å². The van der Waals surface area contributed by atoms with E-state index >= 15 is 0 Å². The van der Waals surface area contributed by atoms with Crippen molar-refractivity contribution >= 4 is 26.8 Å². The molecule has 1 amide bonds. The highest BCUT2D eigenvalue weighted by atomic mass is 32.2. The van der Waals surface area contributed by atoms with Gasteiger partial charge in [0.1, 0.15) is 0 Å². The number of nitrogens with one attached hydrogen (secondary N) is 1. The van der Waals surface area contributed by atoms with E-state index in [1.54, 1.807) is 25.2 Å². The predicted molar refractivity (Wildman–Crippen MR) is 124 cm³/mol. The van der Waals surface area contributed by atoms with E-state index in [2.05, 4.69) is 10.3 Å². The molecule has 0 saturated heterocycles.